The van der Waals surface area contributed by atoms with Crippen molar-refractivity contribution in [1.29, 1.82) is 0 Å². The van der Waals surface area contributed by atoms with E-state index in [0.717, 1.165) is 11.3 Å². The van der Waals surface area contributed by atoms with Crippen molar-refractivity contribution in [1.82, 2.24) is 0 Å². The fourth-order valence-corrected chi connectivity index (χ4v) is 0.971. The van der Waals surface area contributed by atoms with Crippen molar-refractivity contribution in [3.8, 4) is 5.75 Å². The van der Waals surface area contributed by atoms with Crippen molar-refractivity contribution in [2.45, 2.75) is 20.0 Å². The van der Waals surface area contributed by atoms with E-state index >= 15 is 0 Å². The summed E-state index contributed by atoms with van der Waals surface area (Å²) in [6.45, 7) is 3.95. The highest BCUT2D eigenvalue weighted by Crippen LogP contribution is 2.12. The van der Waals surface area contributed by atoms with Gasteiger partial charge >= 0.3 is 0 Å². The summed E-state index contributed by atoms with van der Waals surface area (Å²) in [6, 6.07) is 7.35. The maximum Gasteiger partial charge on any atom is 0.119 e. The standard InChI is InChI=1S/C10H13NO2/c1-8(2)13-10-5-3-9(4-6-10)7-11-12/h3-8,12H,1-2H3/b11-7+. The second-order valence-corrected chi connectivity index (χ2v) is 2.98. The van der Waals surface area contributed by atoms with Crippen molar-refractivity contribution < 1.29 is 9.94 Å². The van der Waals surface area contributed by atoms with E-state index in [0.29, 0.717) is 0 Å². The molecule has 0 saturated carbocycles. The van der Waals surface area contributed by atoms with Gasteiger partial charge in [-0.15, -0.1) is 0 Å². The van der Waals surface area contributed by atoms with Crippen LogP contribution in [0.3, 0.4) is 0 Å². The van der Waals surface area contributed by atoms with Gasteiger partial charge in [-0.2, -0.15) is 0 Å². The number of oxime groups is 1. The van der Waals surface area contributed by atoms with Gasteiger partial charge < -0.3 is 9.94 Å². The van der Waals surface area contributed by atoms with Crippen molar-refractivity contribution >= 4 is 6.21 Å². The third-order valence-corrected chi connectivity index (χ3v) is 1.46. The molecule has 0 heterocycles. The summed E-state index contributed by atoms with van der Waals surface area (Å²) in [6.07, 6.45) is 1.55. The van der Waals surface area contributed by atoms with Gasteiger partial charge in [0.05, 0.1) is 12.3 Å². The van der Waals surface area contributed by atoms with E-state index in [1.54, 1.807) is 0 Å². The van der Waals surface area contributed by atoms with Crippen LogP contribution in [0.25, 0.3) is 0 Å². The van der Waals surface area contributed by atoms with Crippen LogP contribution in [0.4, 0.5) is 0 Å². The molecule has 70 valence electrons. The predicted molar refractivity (Wildman–Crippen MR) is 51.6 cm³/mol. The van der Waals surface area contributed by atoms with E-state index in [4.69, 9.17) is 9.94 Å². The summed E-state index contributed by atoms with van der Waals surface area (Å²) >= 11 is 0. The van der Waals surface area contributed by atoms with Gasteiger partial charge in [0, 0.05) is 0 Å². The Labute approximate surface area is 77.6 Å². The third kappa shape index (κ3) is 3.15. The molecule has 0 spiro atoms. The Morgan fingerprint density at radius 3 is 2.38 bits per heavy atom. The molecule has 0 aliphatic rings. The van der Waals surface area contributed by atoms with Crippen LogP contribution in [0.15, 0.2) is 29.4 Å². The summed E-state index contributed by atoms with van der Waals surface area (Å²) in [5, 5.41) is 11.2. The van der Waals surface area contributed by atoms with E-state index in [9.17, 15) is 0 Å². The fraction of sp³-hybridized carbons (Fsp3) is 0.300. The highest BCUT2D eigenvalue weighted by Gasteiger charge is 1.96. The Bertz CT molecular complexity index is 277. The highest BCUT2D eigenvalue weighted by molar-refractivity contribution is 5.79. The van der Waals surface area contributed by atoms with Crippen LogP contribution in [0.1, 0.15) is 19.4 Å². The first-order valence-corrected chi connectivity index (χ1v) is 4.16. The lowest BCUT2D eigenvalue weighted by Crippen LogP contribution is -2.05. The zero-order valence-corrected chi connectivity index (χ0v) is 7.77. The molecular formula is C10H13NO2. The Balaban J connectivity index is 2.69. The summed E-state index contributed by atoms with van der Waals surface area (Å²) in [4.78, 5) is 0. The number of hydrogen-bond acceptors (Lipinski definition) is 3. The summed E-state index contributed by atoms with van der Waals surface area (Å²) < 4.78 is 5.44. The first kappa shape index (κ1) is 9.58. The van der Waals surface area contributed by atoms with Gasteiger partial charge in [-0.25, -0.2) is 0 Å². The molecule has 0 fully saturated rings. The first-order valence-electron chi connectivity index (χ1n) is 4.16. The van der Waals surface area contributed by atoms with Crippen LogP contribution in [0, 0.1) is 0 Å². The van der Waals surface area contributed by atoms with Crippen molar-refractivity contribution in [2.75, 3.05) is 0 Å². The average Bonchev–Trinajstić information content (AvgIpc) is 2.08. The summed E-state index contributed by atoms with van der Waals surface area (Å²) in [7, 11) is 0. The number of hydrogen-bond donors (Lipinski definition) is 1. The largest absolute Gasteiger partial charge is 0.491 e. The van der Waals surface area contributed by atoms with Crippen LogP contribution < -0.4 is 4.74 Å². The van der Waals surface area contributed by atoms with Gasteiger partial charge in [0.25, 0.3) is 0 Å². The average molecular weight is 179 g/mol. The van der Waals surface area contributed by atoms with Crippen molar-refractivity contribution in [2.24, 2.45) is 5.16 Å². The lowest BCUT2D eigenvalue weighted by molar-refractivity contribution is 0.242. The Morgan fingerprint density at radius 2 is 1.92 bits per heavy atom. The van der Waals surface area contributed by atoms with E-state index in [1.165, 1.54) is 6.21 Å². The molecule has 0 unspecified atom stereocenters. The molecule has 1 rings (SSSR count). The maximum absolute atomic E-state index is 8.27. The molecule has 0 saturated heterocycles. The summed E-state index contributed by atoms with van der Waals surface area (Å²) in [5.74, 6) is 0.824. The molecule has 0 aliphatic carbocycles. The van der Waals surface area contributed by atoms with Crippen LogP contribution in [-0.2, 0) is 0 Å². The van der Waals surface area contributed by atoms with Crippen LogP contribution in [0.5, 0.6) is 5.75 Å². The molecule has 1 N–H and O–H groups in total. The molecule has 0 radical (unpaired) electrons. The number of nitrogens with zero attached hydrogens (tertiary/aromatic N) is 1. The molecule has 3 heteroatoms. The second kappa shape index (κ2) is 4.50. The normalized spacial score (nSPS) is 11.0. The lowest BCUT2D eigenvalue weighted by atomic mass is 10.2. The minimum absolute atomic E-state index is 0.178. The molecule has 13 heavy (non-hydrogen) atoms. The molecule has 0 amide bonds. The van der Waals surface area contributed by atoms with Gasteiger partial charge in [0.15, 0.2) is 0 Å². The number of rotatable bonds is 3. The Hall–Kier alpha value is -1.51. The molecule has 0 atom stereocenters. The lowest BCUT2D eigenvalue weighted by Gasteiger charge is -2.08. The van der Waals surface area contributed by atoms with E-state index < -0.39 is 0 Å². The fourth-order valence-electron chi connectivity index (χ4n) is 0.971. The minimum Gasteiger partial charge on any atom is -0.491 e. The smallest absolute Gasteiger partial charge is 0.119 e. The number of benzene rings is 1. The quantitative estimate of drug-likeness (QED) is 0.439. The Morgan fingerprint density at radius 1 is 1.31 bits per heavy atom. The first-order chi connectivity index (χ1) is 6.22. The van der Waals surface area contributed by atoms with Crippen molar-refractivity contribution in [3.05, 3.63) is 29.8 Å². The summed E-state index contributed by atoms with van der Waals surface area (Å²) in [5.41, 5.74) is 0.846. The van der Waals surface area contributed by atoms with E-state index in [2.05, 4.69) is 5.16 Å². The maximum atomic E-state index is 8.27. The molecule has 0 aliphatic heterocycles. The topological polar surface area (TPSA) is 41.8 Å². The minimum atomic E-state index is 0.178. The SMILES string of the molecule is CC(C)Oc1ccc(/C=N/O)cc1. The molecule has 1 aromatic carbocycles. The number of ether oxygens (including phenoxy) is 1. The second-order valence-electron chi connectivity index (χ2n) is 2.98. The highest BCUT2D eigenvalue weighted by atomic mass is 16.5. The molecule has 0 bridgehead atoms. The van der Waals surface area contributed by atoms with Crippen LogP contribution in [0.2, 0.25) is 0 Å². The van der Waals surface area contributed by atoms with E-state index in [1.807, 2.05) is 38.1 Å². The van der Waals surface area contributed by atoms with Gasteiger partial charge in [0.1, 0.15) is 5.75 Å². The Kier molecular flexibility index (Phi) is 3.31. The zero-order valence-electron chi connectivity index (χ0n) is 7.77. The third-order valence-electron chi connectivity index (χ3n) is 1.46. The van der Waals surface area contributed by atoms with Crippen molar-refractivity contribution in [3.63, 3.8) is 0 Å². The molecule has 3 nitrogen and oxygen atoms in total. The molecular weight excluding hydrogens is 166 g/mol. The van der Waals surface area contributed by atoms with Crippen LogP contribution >= 0.6 is 0 Å². The monoisotopic (exact) mass is 179 g/mol. The van der Waals surface area contributed by atoms with Gasteiger partial charge in [0.2, 0.25) is 0 Å². The zero-order chi connectivity index (χ0) is 9.68. The predicted octanol–water partition coefficient (Wildman–Crippen LogP) is 2.28. The van der Waals surface area contributed by atoms with Gasteiger partial charge in [-0.05, 0) is 43.7 Å². The van der Waals surface area contributed by atoms with Gasteiger partial charge in [-0.3, -0.25) is 0 Å². The van der Waals surface area contributed by atoms with Gasteiger partial charge in [-0.1, -0.05) is 5.16 Å². The molecule has 0 aromatic heterocycles. The molecule has 1 aromatic rings. The van der Waals surface area contributed by atoms with Crippen LogP contribution in [-0.4, -0.2) is 17.5 Å². The van der Waals surface area contributed by atoms with E-state index in [-0.39, 0.29) is 6.10 Å².